The lowest BCUT2D eigenvalue weighted by Gasteiger charge is -2.01. The largest absolute Gasteiger partial charge is 0.478 e. The number of nitrogens with zero attached hydrogens (tertiary/aromatic N) is 2. The molecule has 0 atom stereocenters. The van der Waals surface area contributed by atoms with E-state index in [4.69, 9.17) is 5.11 Å². The molecule has 0 aromatic heterocycles. The van der Waals surface area contributed by atoms with Crippen LogP contribution in [-0.4, -0.2) is 28.1 Å². The Morgan fingerprint density at radius 1 is 1.17 bits per heavy atom. The predicted molar refractivity (Wildman–Crippen MR) is 81.6 cm³/mol. The Kier molecular flexibility index (Phi) is 4.78. The van der Waals surface area contributed by atoms with Crippen LogP contribution in [0.1, 0.15) is 26.3 Å². The SMILES string of the molecule is O=C(N/N=C/c1ccccc1C(=O)O)c1cccc([N+](=O)[O-])c1. The van der Waals surface area contributed by atoms with Gasteiger partial charge in [0, 0.05) is 23.3 Å². The van der Waals surface area contributed by atoms with Crippen LogP contribution < -0.4 is 5.43 Å². The minimum absolute atomic E-state index is 0.0425. The third-order valence-electron chi connectivity index (χ3n) is 2.88. The van der Waals surface area contributed by atoms with Crippen molar-refractivity contribution in [3.05, 3.63) is 75.3 Å². The number of carboxylic acids is 1. The zero-order chi connectivity index (χ0) is 16.8. The summed E-state index contributed by atoms with van der Waals surface area (Å²) in [5.74, 6) is -1.75. The molecule has 0 radical (unpaired) electrons. The normalized spacial score (nSPS) is 10.4. The second kappa shape index (κ2) is 6.94. The lowest BCUT2D eigenvalue weighted by molar-refractivity contribution is -0.384. The number of benzene rings is 2. The maximum Gasteiger partial charge on any atom is 0.336 e. The third kappa shape index (κ3) is 3.97. The summed E-state index contributed by atoms with van der Waals surface area (Å²) >= 11 is 0. The van der Waals surface area contributed by atoms with Gasteiger partial charge < -0.3 is 5.11 Å². The predicted octanol–water partition coefficient (Wildman–Crippen LogP) is 2.06. The number of carbonyl (C=O) groups excluding carboxylic acids is 1. The average molecular weight is 313 g/mol. The fourth-order valence-corrected chi connectivity index (χ4v) is 1.79. The molecule has 8 heteroatoms. The summed E-state index contributed by atoms with van der Waals surface area (Å²) in [4.78, 5) is 33.0. The van der Waals surface area contributed by atoms with Gasteiger partial charge in [-0.25, -0.2) is 10.2 Å². The molecule has 0 saturated carbocycles. The van der Waals surface area contributed by atoms with Crippen molar-refractivity contribution in [3.63, 3.8) is 0 Å². The number of carbonyl (C=O) groups is 2. The van der Waals surface area contributed by atoms with Crippen molar-refractivity contribution in [2.75, 3.05) is 0 Å². The Morgan fingerprint density at radius 2 is 1.91 bits per heavy atom. The number of nitrogens with one attached hydrogen (secondary N) is 1. The van der Waals surface area contributed by atoms with Crippen LogP contribution in [0.5, 0.6) is 0 Å². The van der Waals surface area contributed by atoms with Crippen molar-refractivity contribution in [3.8, 4) is 0 Å². The zero-order valence-electron chi connectivity index (χ0n) is 11.7. The fraction of sp³-hybridized carbons (Fsp3) is 0. The second-order valence-electron chi connectivity index (χ2n) is 4.40. The lowest BCUT2D eigenvalue weighted by atomic mass is 10.1. The maximum absolute atomic E-state index is 11.9. The number of amides is 1. The van der Waals surface area contributed by atoms with E-state index in [1.54, 1.807) is 12.1 Å². The molecule has 0 unspecified atom stereocenters. The van der Waals surface area contributed by atoms with Crippen LogP contribution in [0.3, 0.4) is 0 Å². The number of hydrogen-bond donors (Lipinski definition) is 2. The van der Waals surface area contributed by atoms with Gasteiger partial charge in [-0.1, -0.05) is 24.3 Å². The molecule has 2 aromatic rings. The van der Waals surface area contributed by atoms with Crippen LogP contribution >= 0.6 is 0 Å². The minimum Gasteiger partial charge on any atom is -0.478 e. The first-order chi connectivity index (χ1) is 11.0. The summed E-state index contributed by atoms with van der Waals surface area (Å²) in [5.41, 5.74) is 2.42. The molecular formula is C15H11N3O5. The fourth-order valence-electron chi connectivity index (χ4n) is 1.79. The molecule has 1 amide bonds. The number of nitro groups is 1. The quantitative estimate of drug-likeness (QED) is 0.497. The molecule has 0 spiro atoms. The van der Waals surface area contributed by atoms with E-state index >= 15 is 0 Å². The van der Waals surface area contributed by atoms with Gasteiger partial charge >= 0.3 is 5.97 Å². The smallest absolute Gasteiger partial charge is 0.336 e. The number of nitro benzene ring substituents is 1. The molecule has 0 aliphatic carbocycles. The molecular weight excluding hydrogens is 302 g/mol. The number of hydrogen-bond acceptors (Lipinski definition) is 5. The van der Waals surface area contributed by atoms with Crippen molar-refractivity contribution >= 4 is 23.8 Å². The van der Waals surface area contributed by atoms with Crippen molar-refractivity contribution < 1.29 is 19.6 Å². The summed E-state index contributed by atoms with van der Waals surface area (Å²) in [6, 6.07) is 11.3. The molecule has 116 valence electrons. The van der Waals surface area contributed by atoms with Gasteiger partial charge in [0.2, 0.25) is 0 Å². The molecule has 0 heterocycles. The van der Waals surface area contributed by atoms with E-state index in [0.717, 1.165) is 6.07 Å². The monoisotopic (exact) mass is 313 g/mol. The van der Waals surface area contributed by atoms with Gasteiger partial charge in [0.1, 0.15) is 0 Å². The Balaban J connectivity index is 2.12. The Bertz CT molecular complexity index is 801. The maximum atomic E-state index is 11.9. The highest BCUT2D eigenvalue weighted by molar-refractivity contribution is 5.99. The Morgan fingerprint density at radius 3 is 2.61 bits per heavy atom. The highest BCUT2D eigenvalue weighted by atomic mass is 16.6. The molecule has 23 heavy (non-hydrogen) atoms. The van der Waals surface area contributed by atoms with E-state index < -0.39 is 16.8 Å². The first kappa shape index (κ1) is 15.8. The molecule has 2 rings (SSSR count). The number of carboxylic acid groups (broad SMARTS) is 1. The molecule has 2 N–H and O–H groups in total. The van der Waals surface area contributed by atoms with Crippen LogP contribution in [0.4, 0.5) is 5.69 Å². The summed E-state index contributed by atoms with van der Waals surface area (Å²) in [6.45, 7) is 0. The van der Waals surface area contributed by atoms with Gasteiger partial charge in [-0.3, -0.25) is 14.9 Å². The summed E-state index contributed by atoms with van der Waals surface area (Å²) < 4.78 is 0. The first-order valence-electron chi connectivity index (χ1n) is 6.39. The van der Waals surface area contributed by atoms with Crippen molar-refractivity contribution in [1.82, 2.24) is 5.43 Å². The highest BCUT2D eigenvalue weighted by Gasteiger charge is 2.11. The number of hydrazone groups is 1. The molecule has 0 fully saturated rings. The summed E-state index contributed by atoms with van der Waals surface area (Å²) in [7, 11) is 0. The molecule has 8 nitrogen and oxygen atoms in total. The standard InChI is InChI=1S/C15H11N3O5/c19-14(10-5-3-6-12(8-10)18(22)23)17-16-9-11-4-1-2-7-13(11)15(20)21/h1-9H,(H,17,19)(H,20,21)/b16-9+. The lowest BCUT2D eigenvalue weighted by Crippen LogP contribution is -2.18. The van der Waals surface area contributed by atoms with E-state index in [2.05, 4.69) is 10.5 Å². The first-order valence-corrected chi connectivity index (χ1v) is 6.39. The summed E-state index contributed by atoms with van der Waals surface area (Å²) in [6.07, 6.45) is 1.19. The van der Waals surface area contributed by atoms with Gasteiger partial charge in [0.05, 0.1) is 16.7 Å². The van der Waals surface area contributed by atoms with Crippen LogP contribution in [0.25, 0.3) is 0 Å². The number of aromatic carboxylic acids is 1. The van der Waals surface area contributed by atoms with Gasteiger partial charge in [-0.15, -0.1) is 0 Å². The minimum atomic E-state index is -1.11. The second-order valence-corrected chi connectivity index (χ2v) is 4.40. The van der Waals surface area contributed by atoms with Gasteiger partial charge in [-0.2, -0.15) is 5.10 Å². The van der Waals surface area contributed by atoms with Crippen LogP contribution in [0, 0.1) is 10.1 Å². The Labute approximate surface area is 130 Å². The van der Waals surface area contributed by atoms with E-state index in [-0.39, 0.29) is 16.8 Å². The van der Waals surface area contributed by atoms with E-state index in [1.807, 2.05) is 0 Å². The van der Waals surface area contributed by atoms with Crippen molar-refractivity contribution in [2.24, 2.45) is 5.10 Å². The van der Waals surface area contributed by atoms with Gasteiger partial charge in [0.25, 0.3) is 11.6 Å². The molecule has 0 aliphatic heterocycles. The number of non-ortho nitro benzene ring substituents is 1. The van der Waals surface area contributed by atoms with Crippen LogP contribution in [-0.2, 0) is 0 Å². The van der Waals surface area contributed by atoms with Gasteiger partial charge in [0.15, 0.2) is 0 Å². The van der Waals surface area contributed by atoms with E-state index in [0.29, 0.717) is 5.56 Å². The zero-order valence-corrected chi connectivity index (χ0v) is 11.7. The molecule has 2 aromatic carbocycles. The van der Waals surface area contributed by atoms with Gasteiger partial charge in [-0.05, 0) is 12.1 Å². The van der Waals surface area contributed by atoms with Crippen molar-refractivity contribution in [1.29, 1.82) is 0 Å². The highest BCUT2D eigenvalue weighted by Crippen LogP contribution is 2.13. The average Bonchev–Trinajstić information content (AvgIpc) is 2.55. The number of rotatable bonds is 5. The van der Waals surface area contributed by atoms with E-state index in [1.165, 1.54) is 36.5 Å². The Hall–Kier alpha value is -3.55. The van der Waals surface area contributed by atoms with Crippen LogP contribution in [0.2, 0.25) is 0 Å². The third-order valence-corrected chi connectivity index (χ3v) is 2.88. The molecule has 0 saturated heterocycles. The summed E-state index contributed by atoms with van der Waals surface area (Å²) in [5, 5.41) is 23.4. The molecule has 0 aliphatic rings. The molecule has 0 bridgehead atoms. The van der Waals surface area contributed by atoms with Crippen LogP contribution in [0.15, 0.2) is 53.6 Å². The van der Waals surface area contributed by atoms with Crippen molar-refractivity contribution in [2.45, 2.75) is 0 Å². The topological polar surface area (TPSA) is 122 Å². The van der Waals surface area contributed by atoms with E-state index in [9.17, 15) is 19.7 Å².